The number of esters is 1. The SMILES string of the molecule is CCOc1cc(/C=N/NC(=O)c2ccccn2)ccc1OC(=O)c1ccc(F)cc1. The molecule has 1 aromatic heterocycles. The fourth-order valence-electron chi connectivity index (χ4n) is 2.42. The quantitative estimate of drug-likeness (QED) is 0.280. The molecule has 1 heterocycles. The maximum atomic E-state index is 13.0. The zero-order valence-electron chi connectivity index (χ0n) is 16.0. The number of pyridine rings is 1. The molecule has 3 rings (SSSR count). The van der Waals surface area contributed by atoms with Gasteiger partial charge in [-0.1, -0.05) is 6.07 Å². The largest absolute Gasteiger partial charge is 0.490 e. The van der Waals surface area contributed by atoms with Gasteiger partial charge < -0.3 is 9.47 Å². The number of hydrazone groups is 1. The molecule has 0 radical (unpaired) electrons. The number of hydrogen-bond acceptors (Lipinski definition) is 6. The second-order valence-electron chi connectivity index (χ2n) is 5.95. The lowest BCUT2D eigenvalue weighted by atomic mass is 10.2. The zero-order chi connectivity index (χ0) is 21.3. The number of halogens is 1. The molecule has 0 fully saturated rings. The molecular weight excluding hydrogens is 389 g/mol. The van der Waals surface area contributed by atoms with Crippen molar-refractivity contribution in [3.8, 4) is 11.5 Å². The van der Waals surface area contributed by atoms with Crippen molar-refractivity contribution < 1.29 is 23.5 Å². The minimum Gasteiger partial charge on any atom is -0.490 e. The van der Waals surface area contributed by atoms with Crippen LogP contribution in [0.2, 0.25) is 0 Å². The lowest BCUT2D eigenvalue weighted by Gasteiger charge is -2.11. The number of ether oxygens (including phenoxy) is 2. The van der Waals surface area contributed by atoms with E-state index >= 15 is 0 Å². The molecule has 8 heteroatoms. The normalized spacial score (nSPS) is 10.6. The molecule has 0 bridgehead atoms. The van der Waals surface area contributed by atoms with Gasteiger partial charge >= 0.3 is 5.97 Å². The Kier molecular flexibility index (Phi) is 6.83. The molecule has 0 aliphatic heterocycles. The standard InChI is InChI=1S/C22H18FN3O4/c1-2-29-20-13-15(14-25-26-21(27)18-5-3-4-12-24-18)6-11-19(20)30-22(28)16-7-9-17(23)10-8-16/h3-14H,2H2,1H3,(H,26,27)/b25-14+. The average molecular weight is 407 g/mol. The van der Waals surface area contributed by atoms with Crippen molar-refractivity contribution in [1.29, 1.82) is 0 Å². The van der Waals surface area contributed by atoms with Crippen LogP contribution in [0, 0.1) is 5.82 Å². The molecule has 7 nitrogen and oxygen atoms in total. The van der Waals surface area contributed by atoms with Crippen LogP contribution in [0.3, 0.4) is 0 Å². The lowest BCUT2D eigenvalue weighted by molar-refractivity contribution is 0.0728. The molecule has 0 spiro atoms. The van der Waals surface area contributed by atoms with E-state index in [1.54, 1.807) is 43.3 Å². The minimum atomic E-state index is -0.639. The number of amides is 1. The lowest BCUT2D eigenvalue weighted by Crippen LogP contribution is -2.18. The van der Waals surface area contributed by atoms with Crippen LogP contribution < -0.4 is 14.9 Å². The Morgan fingerprint density at radius 2 is 1.90 bits per heavy atom. The Bertz CT molecular complexity index is 1050. The highest BCUT2D eigenvalue weighted by molar-refractivity contribution is 5.93. The maximum Gasteiger partial charge on any atom is 0.343 e. The van der Waals surface area contributed by atoms with E-state index in [4.69, 9.17) is 9.47 Å². The van der Waals surface area contributed by atoms with Gasteiger partial charge in [0.05, 0.1) is 18.4 Å². The number of benzene rings is 2. The maximum absolute atomic E-state index is 13.0. The molecule has 0 aliphatic rings. The number of aromatic nitrogens is 1. The predicted octanol–water partition coefficient (Wildman–Crippen LogP) is 3.60. The van der Waals surface area contributed by atoms with E-state index in [1.165, 1.54) is 36.7 Å². The third-order valence-corrected chi connectivity index (χ3v) is 3.83. The van der Waals surface area contributed by atoms with Crippen LogP contribution in [0.25, 0.3) is 0 Å². The topological polar surface area (TPSA) is 89.9 Å². The number of carbonyl (C=O) groups excluding carboxylic acids is 2. The molecule has 0 aliphatic carbocycles. The van der Waals surface area contributed by atoms with Crippen LogP contribution in [0.1, 0.15) is 33.3 Å². The Balaban J connectivity index is 1.70. The third-order valence-electron chi connectivity index (χ3n) is 3.83. The number of nitrogens with one attached hydrogen (secondary N) is 1. The van der Waals surface area contributed by atoms with Crippen molar-refractivity contribution in [2.45, 2.75) is 6.92 Å². The summed E-state index contributed by atoms with van der Waals surface area (Å²) in [5.41, 5.74) is 3.45. The van der Waals surface area contributed by atoms with Gasteiger partial charge in [0.25, 0.3) is 5.91 Å². The predicted molar refractivity (Wildman–Crippen MR) is 108 cm³/mol. The van der Waals surface area contributed by atoms with Crippen molar-refractivity contribution >= 4 is 18.1 Å². The Morgan fingerprint density at radius 1 is 1.10 bits per heavy atom. The molecule has 152 valence electrons. The molecular formula is C22H18FN3O4. The average Bonchev–Trinajstić information content (AvgIpc) is 2.76. The van der Waals surface area contributed by atoms with Gasteiger partial charge in [-0.05, 0) is 67.1 Å². The van der Waals surface area contributed by atoms with Gasteiger partial charge in [-0.25, -0.2) is 14.6 Å². The minimum absolute atomic E-state index is 0.209. The van der Waals surface area contributed by atoms with E-state index < -0.39 is 17.7 Å². The van der Waals surface area contributed by atoms with E-state index in [1.807, 2.05) is 0 Å². The fourth-order valence-corrected chi connectivity index (χ4v) is 2.42. The Morgan fingerprint density at radius 3 is 2.60 bits per heavy atom. The summed E-state index contributed by atoms with van der Waals surface area (Å²) < 4.78 is 23.9. The summed E-state index contributed by atoms with van der Waals surface area (Å²) in [4.78, 5) is 28.1. The van der Waals surface area contributed by atoms with E-state index in [9.17, 15) is 14.0 Å². The zero-order valence-corrected chi connectivity index (χ0v) is 16.0. The Hall–Kier alpha value is -4.07. The van der Waals surface area contributed by atoms with Crippen molar-refractivity contribution in [1.82, 2.24) is 10.4 Å². The van der Waals surface area contributed by atoms with Crippen LogP contribution in [0.4, 0.5) is 4.39 Å². The van der Waals surface area contributed by atoms with Crippen LogP contribution in [0.5, 0.6) is 11.5 Å². The monoisotopic (exact) mass is 407 g/mol. The first kappa shape index (κ1) is 20.7. The van der Waals surface area contributed by atoms with Gasteiger partial charge in [0.1, 0.15) is 11.5 Å². The van der Waals surface area contributed by atoms with Gasteiger partial charge in [-0.15, -0.1) is 0 Å². The van der Waals surface area contributed by atoms with Crippen LogP contribution in [-0.2, 0) is 0 Å². The van der Waals surface area contributed by atoms with Crippen molar-refractivity contribution in [3.63, 3.8) is 0 Å². The fraction of sp³-hybridized carbons (Fsp3) is 0.0909. The second kappa shape index (κ2) is 9.92. The highest BCUT2D eigenvalue weighted by Crippen LogP contribution is 2.29. The summed E-state index contributed by atoms with van der Waals surface area (Å²) in [5, 5.41) is 3.90. The summed E-state index contributed by atoms with van der Waals surface area (Å²) in [6.45, 7) is 2.14. The number of rotatable bonds is 7. The second-order valence-corrected chi connectivity index (χ2v) is 5.95. The van der Waals surface area contributed by atoms with Crippen molar-refractivity contribution in [2.24, 2.45) is 5.10 Å². The van der Waals surface area contributed by atoms with Crippen molar-refractivity contribution in [3.05, 3.63) is 89.5 Å². The molecule has 3 aromatic rings. The first-order valence-electron chi connectivity index (χ1n) is 9.06. The van der Waals surface area contributed by atoms with Gasteiger partial charge in [0.2, 0.25) is 0 Å². The number of nitrogens with zero attached hydrogens (tertiary/aromatic N) is 2. The van der Waals surface area contributed by atoms with Crippen LogP contribution in [-0.4, -0.2) is 29.7 Å². The molecule has 0 unspecified atom stereocenters. The number of carbonyl (C=O) groups is 2. The molecule has 0 saturated heterocycles. The van der Waals surface area contributed by atoms with E-state index in [-0.39, 0.29) is 17.0 Å². The van der Waals surface area contributed by atoms with Gasteiger partial charge in [-0.2, -0.15) is 5.10 Å². The summed E-state index contributed by atoms with van der Waals surface area (Å²) in [6.07, 6.45) is 2.94. The van der Waals surface area contributed by atoms with Crippen molar-refractivity contribution in [2.75, 3.05) is 6.61 Å². The van der Waals surface area contributed by atoms with E-state index in [2.05, 4.69) is 15.5 Å². The van der Waals surface area contributed by atoms with E-state index in [0.717, 1.165) is 0 Å². The van der Waals surface area contributed by atoms with Gasteiger partial charge in [-0.3, -0.25) is 9.78 Å². The highest BCUT2D eigenvalue weighted by atomic mass is 19.1. The first-order valence-corrected chi connectivity index (χ1v) is 9.06. The molecule has 1 amide bonds. The molecule has 0 atom stereocenters. The summed E-state index contributed by atoms with van der Waals surface area (Å²) in [6, 6.07) is 14.8. The third kappa shape index (κ3) is 5.48. The molecule has 1 N–H and O–H groups in total. The smallest absolute Gasteiger partial charge is 0.343 e. The van der Waals surface area contributed by atoms with Crippen LogP contribution >= 0.6 is 0 Å². The van der Waals surface area contributed by atoms with E-state index in [0.29, 0.717) is 17.9 Å². The highest BCUT2D eigenvalue weighted by Gasteiger charge is 2.13. The summed E-state index contributed by atoms with van der Waals surface area (Å²) in [7, 11) is 0. The number of hydrogen-bond donors (Lipinski definition) is 1. The molecule has 0 saturated carbocycles. The first-order chi connectivity index (χ1) is 14.6. The molecule has 30 heavy (non-hydrogen) atoms. The molecule has 2 aromatic carbocycles. The summed E-state index contributed by atoms with van der Waals surface area (Å²) in [5.74, 6) is -0.990. The van der Waals surface area contributed by atoms with Crippen LogP contribution in [0.15, 0.2) is 72.0 Å². The van der Waals surface area contributed by atoms with Gasteiger partial charge in [0, 0.05) is 6.20 Å². The summed E-state index contributed by atoms with van der Waals surface area (Å²) >= 11 is 0. The van der Waals surface area contributed by atoms with Gasteiger partial charge in [0.15, 0.2) is 11.5 Å². The Labute approximate surface area is 172 Å².